The zero-order valence-corrected chi connectivity index (χ0v) is 13.2. The lowest BCUT2D eigenvalue weighted by Gasteiger charge is -2.14. The van der Waals surface area contributed by atoms with Gasteiger partial charge in [0.05, 0.1) is 0 Å². The molecule has 2 N–H and O–H groups in total. The molecule has 0 aliphatic rings. The second-order valence-electron chi connectivity index (χ2n) is 4.52. The second kappa shape index (κ2) is 6.91. The lowest BCUT2D eigenvalue weighted by Crippen LogP contribution is -2.06. The molecule has 0 saturated heterocycles. The Morgan fingerprint density at radius 2 is 1.84 bits per heavy atom. The van der Waals surface area contributed by atoms with Gasteiger partial charge in [-0.25, -0.2) is 0 Å². The molecule has 0 saturated carbocycles. The van der Waals surface area contributed by atoms with Crippen molar-refractivity contribution >= 4 is 22.6 Å². The highest BCUT2D eigenvalue weighted by atomic mass is 127. The van der Waals surface area contributed by atoms with Crippen molar-refractivity contribution in [3.63, 3.8) is 0 Å². The van der Waals surface area contributed by atoms with Crippen LogP contribution < -0.4 is 10.5 Å². The number of hydrogen-bond acceptors (Lipinski definition) is 2. The highest BCUT2D eigenvalue weighted by Gasteiger charge is 2.06. The molecule has 0 bridgehead atoms. The Bertz CT molecular complexity index is 537. The topological polar surface area (TPSA) is 35.2 Å². The van der Waals surface area contributed by atoms with Gasteiger partial charge in [-0.2, -0.15) is 0 Å². The van der Waals surface area contributed by atoms with E-state index in [9.17, 15) is 0 Å². The van der Waals surface area contributed by atoms with Crippen LogP contribution in [0.1, 0.15) is 16.7 Å². The van der Waals surface area contributed by atoms with Crippen molar-refractivity contribution in [2.75, 3.05) is 6.54 Å². The van der Waals surface area contributed by atoms with Crippen LogP contribution in [0.2, 0.25) is 0 Å². The molecule has 100 valence electrons. The molecule has 0 aliphatic heterocycles. The van der Waals surface area contributed by atoms with Gasteiger partial charge in [0.2, 0.25) is 0 Å². The summed E-state index contributed by atoms with van der Waals surface area (Å²) in [5.41, 5.74) is 9.18. The molecule has 2 aromatic carbocycles. The monoisotopic (exact) mass is 367 g/mol. The first-order chi connectivity index (χ1) is 9.20. The summed E-state index contributed by atoms with van der Waals surface area (Å²) in [6.45, 7) is 3.31. The van der Waals surface area contributed by atoms with Crippen LogP contribution in [-0.2, 0) is 13.0 Å². The van der Waals surface area contributed by atoms with Crippen molar-refractivity contribution in [1.29, 1.82) is 0 Å². The normalized spacial score (nSPS) is 10.5. The van der Waals surface area contributed by atoms with Gasteiger partial charge in [-0.1, -0.05) is 30.3 Å². The maximum Gasteiger partial charge on any atom is 0.125 e. The third-order valence-corrected chi connectivity index (χ3v) is 3.72. The average Bonchev–Trinajstić information content (AvgIpc) is 2.40. The Labute approximate surface area is 128 Å². The highest BCUT2D eigenvalue weighted by molar-refractivity contribution is 14.1. The summed E-state index contributed by atoms with van der Waals surface area (Å²) >= 11 is 2.30. The van der Waals surface area contributed by atoms with Gasteiger partial charge in [0.25, 0.3) is 0 Å². The molecule has 0 aromatic heterocycles. The smallest absolute Gasteiger partial charge is 0.125 e. The predicted octanol–water partition coefficient (Wildman–Crippen LogP) is 3.68. The van der Waals surface area contributed by atoms with E-state index in [0.29, 0.717) is 13.2 Å². The maximum absolute atomic E-state index is 5.99. The van der Waals surface area contributed by atoms with Crippen molar-refractivity contribution in [3.8, 4) is 5.75 Å². The zero-order chi connectivity index (χ0) is 13.7. The van der Waals surface area contributed by atoms with Gasteiger partial charge < -0.3 is 10.5 Å². The van der Waals surface area contributed by atoms with Crippen LogP contribution in [0.15, 0.2) is 42.5 Å². The molecule has 3 heteroatoms. The van der Waals surface area contributed by atoms with Gasteiger partial charge in [0.1, 0.15) is 12.4 Å². The minimum Gasteiger partial charge on any atom is -0.488 e. The van der Waals surface area contributed by atoms with Gasteiger partial charge in [0.15, 0.2) is 0 Å². The molecule has 2 nitrogen and oxygen atoms in total. The number of aryl methyl sites for hydroxylation is 1. The van der Waals surface area contributed by atoms with E-state index in [4.69, 9.17) is 10.5 Å². The molecule has 0 unspecified atom stereocenters. The zero-order valence-electron chi connectivity index (χ0n) is 11.0. The average molecular weight is 367 g/mol. The number of nitrogens with two attached hydrogens (primary N) is 1. The Balaban J connectivity index is 2.12. The third-order valence-electron chi connectivity index (χ3n) is 3.00. The van der Waals surface area contributed by atoms with E-state index in [0.717, 1.165) is 17.7 Å². The first-order valence-corrected chi connectivity index (χ1v) is 7.44. The summed E-state index contributed by atoms with van der Waals surface area (Å²) in [7, 11) is 0. The highest BCUT2D eigenvalue weighted by Crippen LogP contribution is 2.24. The van der Waals surface area contributed by atoms with E-state index in [1.54, 1.807) is 0 Å². The summed E-state index contributed by atoms with van der Waals surface area (Å²) in [5, 5.41) is 0. The van der Waals surface area contributed by atoms with Crippen LogP contribution in [0.25, 0.3) is 0 Å². The molecule has 0 amide bonds. The lowest BCUT2D eigenvalue weighted by molar-refractivity contribution is 0.301. The van der Waals surface area contributed by atoms with Crippen LogP contribution in [0.4, 0.5) is 0 Å². The van der Waals surface area contributed by atoms with Gasteiger partial charge in [-0.15, -0.1) is 0 Å². The number of para-hydroxylation sites is 1. The summed E-state index contributed by atoms with van der Waals surface area (Å²) in [4.78, 5) is 0. The number of ether oxygens (including phenoxy) is 1. The maximum atomic E-state index is 5.99. The van der Waals surface area contributed by atoms with E-state index in [-0.39, 0.29) is 0 Å². The molecule has 0 heterocycles. The van der Waals surface area contributed by atoms with Crippen molar-refractivity contribution < 1.29 is 4.74 Å². The first-order valence-electron chi connectivity index (χ1n) is 6.36. The Morgan fingerprint density at radius 3 is 2.53 bits per heavy atom. The fraction of sp³-hybridized carbons (Fsp3) is 0.250. The van der Waals surface area contributed by atoms with Crippen LogP contribution in [0, 0.1) is 10.5 Å². The summed E-state index contributed by atoms with van der Waals surface area (Å²) in [6.07, 6.45) is 0.851. The van der Waals surface area contributed by atoms with E-state index in [2.05, 4.69) is 72.0 Å². The molecule has 19 heavy (non-hydrogen) atoms. The van der Waals surface area contributed by atoms with E-state index in [1.165, 1.54) is 14.7 Å². The van der Waals surface area contributed by atoms with Crippen molar-refractivity contribution in [3.05, 3.63) is 62.7 Å². The predicted molar refractivity (Wildman–Crippen MR) is 87.4 cm³/mol. The molecule has 2 aromatic rings. The Morgan fingerprint density at radius 1 is 1.11 bits per heavy atom. The van der Waals surface area contributed by atoms with Crippen LogP contribution >= 0.6 is 22.6 Å². The van der Waals surface area contributed by atoms with Crippen molar-refractivity contribution in [2.24, 2.45) is 5.73 Å². The minimum atomic E-state index is 0.597. The van der Waals surface area contributed by atoms with E-state index < -0.39 is 0 Å². The van der Waals surface area contributed by atoms with Crippen LogP contribution in [0.3, 0.4) is 0 Å². The molecule has 2 rings (SSSR count). The lowest BCUT2D eigenvalue weighted by atomic mass is 10.1. The SMILES string of the molecule is Cc1cccc(CCN)c1OCc1ccc(I)cc1. The molecular weight excluding hydrogens is 349 g/mol. The molecule has 0 spiro atoms. The largest absolute Gasteiger partial charge is 0.488 e. The van der Waals surface area contributed by atoms with Gasteiger partial charge >= 0.3 is 0 Å². The molecular formula is C16H18INO. The van der Waals surface area contributed by atoms with Gasteiger partial charge in [-0.05, 0) is 71.3 Å². The standard InChI is InChI=1S/C16H18INO/c1-12-3-2-4-14(9-10-18)16(12)19-11-13-5-7-15(17)8-6-13/h2-8H,9-11,18H2,1H3. The first kappa shape index (κ1) is 14.3. The van der Waals surface area contributed by atoms with Crippen LogP contribution in [0.5, 0.6) is 5.75 Å². The fourth-order valence-corrected chi connectivity index (χ4v) is 2.37. The third kappa shape index (κ3) is 3.94. The summed E-state index contributed by atoms with van der Waals surface area (Å²) < 4.78 is 7.23. The van der Waals surface area contributed by atoms with Crippen LogP contribution in [-0.4, -0.2) is 6.54 Å². The quantitative estimate of drug-likeness (QED) is 0.819. The number of halogens is 1. The molecule has 0 atom stereocenters. The number of benzene rings is 2. The van der Waals surface area contributed by atoms with Crippen molar-refractivity contribution in [2.45, 2.75) is 20.0 Å². The summed E-state index contributed by atoms with van der Waals surface area (Å²) in [6, 6.07) is 14.6. The van der Waals surface area contributed by atoms with Gasteiger partial charge in [0, 0.05) is 3.57 Å². The second-order valence-corrected chi connectivity index (χ2v) is 5.76. The molecule has 0 radical (unpaired) electrons. The van der Waals surface area contributed by atoms with E-state index >= 15 is 0 Å². The number of hydrogen-bond donors (Lipinski definition) is 1. The number of rotatable bonds is 5. The summed E-state index contributed by atoms with van der Waals surface area (Å²) in [5.74, 6) is 0.978. The van der Waals surface area contributed by atoms with Gasteiger partial charge in [-0.3, -0.25) is 0 Å². The Hall–Kier alpha value is -1.07. The fourth-order valence-electron chi connectivity index (χ4n) is 2.01. The minimum absolute atomic E-state index is 0.597. The molecule has 0 aliphatic carbocycles. The Kier molecular flexibility index (Phi) is 5.22. The van der Waals surface area contributed by atoms with E-state index in [1.807, 2.05) is 0 Å². The van der Waals surface area contributed by atoms with Crippen molar-refractivity contribution in [1.82, 2.24) is 0 Å². The molecule has 0 fully saturated rings.